The third-order valence-electron chi connectivity index (χ3n) is 7.15. The fourth-order valence-corrected chi connectivity index (χ4v) is 5.43. The van der Waals surface area contributed by atoms with Crippen LogP contribution in [-0.2, 0) is 14.3 Å². The van der Waals surface area contributed by atoms with Gasteiger partial charge in [-0.25, -0.2) is 0 Å². The molecule has 2 saturated carbocycles. The highest BCUT2D eigenvalue weighted by Crippen LogP contribution is 2.35. The summed E-state index contributed by atoms with van der Waals surface area (Å²) >= 11 is 0. The zero-order valence-electron chi connectivity index (χ0n) is 17.5. The molecule has 156 valence electrons. The molecule has 1 aliphatic heterocycles. The normalized spacial score (nSPS) is 28.9. The van der Waals surface area contributed by atoms with E-state index in [1.807, 2.05) is 6.92 Å². The summed E-state index contributed by atoms with van der Waals surface area (Å²) in [5, 5.41) is 0. The Kier molecular flexibility index (Phi) is 8.92. The summed E-state index contributed by atoms with van der Waals surface area (Å²) < 4.78 is 11.4. The topological polar surface area (TPSA) is 38.8 Å². The molecule has 4 nitrogen and oxygen atoms in total. The van der Waals surface area contributed by atoms with Gasteiger partial charge in [0.05, 0.1) is 25.2 Å². The van der Waals surface area contributed by atoms with Crippen LogP contribution in [0.4, 0.5) is 0 Å². The van der Waals surface area contributed by atoms with Crippen molar-refractivity contribution in [3.8, 4) is 0 Å². The van der Waals surface area contributed by atoms with Crippen LogP contribution in [-0.4, -0.2) is 49.8 Å². The Morgan fingerprint density at radius 3 is 2.22 bits per heavy atom. The van der Waals surface area contributed by atoms with Crippen LogP contribution in [0.5, 0.6) is 0 Å². The van der Waals surface area contributed by atoms with Gasteiger partial charge in [-0.3, -0.25) is 4.79 Å². The Morgan fingerprint density at radius 1 is 0.889 bits per heavy atom. The molecule has 2 aliphatic carbocycles. The molecule has 0 radical (unpaired) electrons. The van der Waals surface area contributed by atoms with Crippen molar-refractivity contribution in [1.29, 1.82) is 0 Å². The van der Waals surface area contributed by atoms with E-state index in [9.17, 15) is 4.79 Å². The molecule has 0 N–H and O–H groups in total. The van der Waals surface area contributed by atoms with Crippen molar-refractivity contribution < 1.29 is 14.3 Å². The summed E-state index contributed by atoms with van der Waals surface area (Å²) in [6.45, 7) is 6.24. The smallest absolute Gasteiger partial charge is 0.309 e. The molecular weight excluding hydrogens is 338 g/mol. The molecule has 0 amide bonds. The van der Waals surface area contributed by atoms with Crippen LogP contribution in [0, 0.1) is 17.8 Å². The van der Waals surface area contributed by atoms with Gasteiger partial charge < -0.3 is 14.4 Å². The molecule has 0 aromatic carbocycles. The lowest BCUT2D eigenvalue weighted by atomic mass is 9.77. The predicted octanol–water partition coefficient (Wildman–Crippen LogP) is 4.81. The van der Waals surface area contributed by atoms with Crippen molar-refractivity contribution in [1.82, 2.24) is 4.90 Å². The molecule has 0 aromatic rings. The Labute approximate surface area is 166 Å². The molecule has 0 unspecified atom stereocenters. The minimum atomic E-state index is -0.00149. The van der Waals surface area contributed by atoms with Crippen molar-refractivity contribution in [3.63, 3.8) is 0 Å². The van der Waals surface area contributed by atoms with E-state index in [0.717, 1.165) is 50.9 Å². The molecule has 1 saturated heterocycles. The van der Waals surface area contributed by atoms with Gasteiger partial charge in [-0.1, -0.05) is 32.1 Å². The summed E-state index contributed by atoms with van der Waals surface area (Å²) in [5.74, 6) is 2.11. The molecule has 0 spiro atoms. The van der Waals surface area contributed by atoms with Crippen LogP contribution in [0.25, 0.3) is 0 Å². The zero-order valence-corrected chi connectivity index (χ0v) is 17.5. The lowest BCUT2D eigenvalue weighted by Crippen LogP contribution is -2.39. The lowest BCUT2D eigenvalue weighted by Gasteiger charge is -2.33. The first-order valence-electron chi connectivity index (χ1n) is 11.7. The van der Waals surface area contributed by atoms with E-state index < -0.39 is 0 Å². The summed E-state index contributed by atoms with van der Waals surface area (Å²) in [6.07, 6.45) is 16.5. The van der Waals surface area contributed by atoms with Crippen LogP contribution < -0.4 is 0 Å². The first kappa shape index (κ1) is 21.1. The first-order chi connectivity index (χ1) is 13.2. The van der Waals surface area contributed by atoms with Gasteiger partial charge in [0.2, 0.25) is 0 Å². The number of carbonyl (C=O) groups excluding carboxylic acids is 1. The maximum atomic E-state index is 11.8. The predicted molar refractivity (Wildman–Crippen MR) is 109 cm³/mol. The van der Waals surface area contributed by atoms with Gasteiger partial charge in [0.25, 0.3) is 0 Å². The highest BCUT2D eigenvalue weighted by atomic mass is 16.5. The zero-order chi connectivity index (χ0) is 18.9. The monoisotopic (exact) mass is 379 g/mol. The van der Waals surface area contributed by atoms with E-state index in [1.54, 1.807) is 0 Å². The van der Waals surface area contributed by atoms with Gasteiger partial charge in [0.15, 0.2) is 0 Å². The molecule has 0 bridgehead atoms. The molecule has 1 heterocycles. The third kappa shape index (κ3) is 7.05. The molecule has 0 aromatic heterocycles. The number of hydrogen-bond acceptors (Lipinski definition) is 4. The minimum Gasteiger partial charge on any atom is -0.466 e. The maximum absolute atomic E-state index is 11.8. The van der Waals surface area contributed by atoms with Gasteiger partial charge in [-0.05, 0) is 76.8 Å². The Morgan fingerprint density at radius 2 is 1.56 bits per heavy atom. The molecular formula is C23H41NO3. The summed E-state index contributed by atoms with van der Waals surface area (Å²) in [7, 11) is 0. The molecule has 3 fully saturated rings. The fraction of sp³-hybridized carbons (Fsp3) is 0.957. The fourth-order valence-electron chi connectivity index (χ4n) is 5.43. The second-order valence-corrected chi connectivity index (χ2v) is 9.12. The van der Waals surface area contributed by atoms with Crippen LogP contribution >= 0.6 is 0 Å². The van der Waals surface area contributed by atoms with Crippen molar-refractivity contribution in [2.75, 3.05) is 32.8 Å². The van der Waals surface area contributed by atoms with Crippen molar-refractivity contribution >= 4 is 5.97 Å². The highest BCUT2D eigenvalue weighted by Gasteiger charge is 2.27. The lowest BCUT2D eigenvalue weighted by molar-refractivity contribution is -0.149. The third-order valence-corrected chi connectivity index (χ3v) is 7.15. The SMILES string of the molecule is CCOC(=O)C1CCN(CCOC2CCC(CC3CCCCC3)CC2)CC1. The largest absolute Gasteiger partial charge is 0.466 e. The van der Waals surface area contributed by atoms with E-state index in [4.69, 9.17) is 9.47 Å². The number of hydrogen-bond donors (Lipinski definition) is 0. The highest BCUT2D eigenvalue weighted by molar-refractivity contribution is 5.72. The van der Waals surface area contributed by atoms with E-state index in [-0.39, 0.29) is 11.9 Å². The van der Waals surface area contributed by atoms with E-state index in [0.29, 0.717) is 12.7 Å². The van der Waals surface area contributed by atoms with E-state index in [2.05, 4.69) is 4.90 Å². The second kappa shape index (κ2) is 11.4. The van der Waals surface area contributed by atoms with Gasteiger partial charge in [0, 0.05) is 6.54 Å². The number of ether oxygens (including phenoxy) is 2. The minimum absolute atomic E-state index is 0.00149. The summed E-state index contributed by atoms with van der Waals surface area (Å²) in [5.41, 5.74) is 0. The van der Waals surface area contributed by atoms with Crippen LogP contribution in [0.3, 0.4) is 0 Å². The van der Waals surface area contributed by atoms with Crippen LogP contribution in [0.15, 0.2) is 0 Å². The molecule has 4 heteroatoms. The van der Waals surface area contributed by atoms with Crippen molar-refractivity contribution in [2.24, 2.45) is 17.8 Å². The molecule has 3 rings (SSSR count). The molecule has 27 heavy (non-hydrogen) atoms. The number of piperidine rings is 1. The van der Waals surface area contributed by atoms with Gasteiger partial charge in [-0.15, -0.1) is 0 Å². The average molecular weight is 380 g/mol. The Balaban J connectivity index is 1.23. The number of rotatable bonds is 8. The van der Waals surface area contributed by atoms with Crippen LogP contribution in [0.2, 0.25) is 0 Å². The second-order valence-electron chi connectivity index (χ2n) is 9.12. The quantitative estimate of drug-likeness (QED) is 0.568. The Bertz CT molecular complexity index is 419. The number of nitrogens with zero attached hydrogens (tertiary/aromatic N) is 1. The molecule has 0 atom stereocenters. The van der Waals surface area contributed by atoms with Gasteiger partial charge in [-0.2, -0.15) is 0 Å². The van der Waals surface area contributed by atoms with Gasteiger partial charge >= 0.3 is 5.97 Å². The maximum Gasteiger partial charge on any atom is 0.309 e. The van der Waals surface area contributed by atoms with Crippen molar-refractivity contribution in [3.05, 3.63) is 0 Å². The van der Waals surface area contributed by atoms with Gasteiger partial charge in [0.1, 0.15) is 0 Å². The number of carbonyl (C=O) groups is 1. The number of likely N-dealkylation sites (tertiary alicyclic amines) is 1. The van der Waals surface area contributed by atoms with Crippen LogP contribution in [0.1, 0.15) is 84.0 Å². The average Bonchev–Trinajstić information content (AvgIpc) is 2.71. The summed E-state index contributed by atoms with van der Waals surface area (Å²) in [6, 6.07) is 0. The first-order valence-corrected chi connectivity index (χ1v) is 11.7. The number of esters is 1. The van der Waals surface area contributed by atoms with E-state index >= 15 is 0 Å². The van der Waals surface area contributed by atoms with Crippen molar-refractivity contribution in [2.45, 2.75) is 90.1 Å². The van der Waals surface area contributed by atoms with E-state index in [1.165, 1.54) is 64.2 Å². The molecule has 3 aliphatic rings. The Hall–Kier alpha value is -0.610. The summed E-state index contributed by atoms with van der Waals surface area (Å²) in [4.78, 5) is 14.3. The standard InChI is InChI=1S/C23H41NO3/c1-2-26-23(25)21-12-14-24(15-13-21)16-17-27-22-10-8-20(9-11-22)18-19-6-4-3-5-7-19/h19-22H,2-18H2,1H3.